The molecule has 2 aliphatic heterocycles. The van der Waals surface area contributed by atoms with Gasteiger partial charge in [-0.25, -0.2) is 0 Å². The Hall–Kier alpha value is -0.315. The van der Waals surface area contributed by atoms with Crippen LogP contribution in [0.15, 0.2) is 11.5 Å². The molecular formula is C8H14BNO2. The number of allylic oxidation sites excluding steroid dienone is 1. The Balaban J connectivity index is 1.97. The average molecular weight is 167 g/mol. The van der Waals surface area contributed by atoms with Crippen molar-refractivity contribution in [2.45, 2.75) is 12.8 Å². The van der Waals surface area contributed by atoms with Crippen molar-refractivity contribution in [3.8, 4) is 0 Å². The molecule has 0 bridgehead atoms. The molecule has 66 valence electrons. The zero-order valence-electron chi connectivity index (χ0n) is 7.12. The topological polar surface area (TPSA) is 41.5 Å². The van der Waals surface area contributed by atoms with Crippen LogP contribution in [0.25, 0.3) is 0 Å². The van der Waals surface area contributed by atoms with E-state index in [0.29, 0.717) is 12.5 Å². The van der Waals surface area contributed by atoms with Crippen LogP contribution in [-0.2, 0) is 4.65 Å². The lowest BCUT2D eigenvalue weighted by Gasteiger charge is -2.23. The maximum absolute atomic E-state index is 9.43. The minimum Gasteiger partial charge on any atom is -0.423 e. The van der Waals surface area contributed by atoms with Crippen molar-refractivity contribution in [1.29, 1.82) is 0 Å². The summed E-state index contributed by atoms with van der Waals surface area (Å²) in [5.41, 5.74) is 1.11. The Kier molecular flexibility index (Phi) is 2.49. The first-order valence-corrected chi connectivity index (χ1v) is 4.58. The van der Waals surface area contributed by atoms with Gasteiger partial charge in [0.2, 0.25) is 0 Å². The number of hydrogen-bond donors (Lipinski definition) is 2. The number of piperidine rings is 1. The van der Waals surface area contributed by atoms with Gasteiger partial charge >= 0.3 is 7.12 Å². The van der Waals surface area contributed by atoms with E-state index in [9.17, 15) is 5.02 Å². The molecule has 4 heteroatoms. The summed E-state index contributed by atoms with van der Waals surface area (Å²) < 4.78 is 5.06. The molecule has 0 unspecified atom stereocenters. The van der Waals surface area contributed by atoms with Gasteiger partial charge in [-0.3, -0.25) is 0 Å². The fourth-order valence-electron chi connectivity index (χ4n) is 1.96. The van der Waals surface area contributed by atoms with E-state index in [1.807, 2.05) is 6.08 Å². The van der Waals surface area contributed by atoms with Gasteiger partial charge in [0.1, 0.15) is 0 Å². The van der Waals surface area contributed by atoms with Crippen molar-refractivity contribution in [2.75, 3.05) is 19.7 Å². The van der Waals surface area contributed by atoms with E-state index >= 15 is 0 Å². The summed E-state index contributed by atoms with van der Waals surface area (Å²) in [5, 5.41) is 12.7. The summed E-state index contributed by atoms with van der Waals surface area (Å²) in [6.45, 7) is 2.71. The smallest absolute Gasteiger partial charge is 0.423 e. The van der Waals surface area contributed by atoms with E-state index in [2.05, 4.69) is 5.32 Å². The highest BCUT2D eigenvalue weighted by atomic mass is 16.5. The van der Waals surface area contributed by atoms with Gasteiger partial charge in [0.15, 0.2) is 0 Å². The molecule has 1 fully saturated rings. The van der Waals surface area contributed by atoms with Crippen molar-refractivity contribution >= 4 is 7.12 Å². The highest BCUT2D eigenvalue weighted by Crippen LogP contribution is 2.25. The highest BCUT2D eigenvalue weighted by molar-refractivity contribution is 6.53. The Morgan fingerprint density at radius 3 is 2.83 bits per heavy atom. The summed E-state index contributed by atoms with van der Waals surface area (Å²) in [6, 6.07) is 0. The van der Waals surface area contributed by atoms with Crippen LogP contribution in [0.2, 0.25) is 0 Å². The molecule has 0 aromatic rings. The first kappa shape index (κ1) is 8.29. The second-order valence-electron chi connectivity index (χ2n) is 3.41. The third-order valence-electron chi connectivity index (χ3n) is 2.67. The van der Waals surface area contributed by atoms with Crippen LogP contribution in [0.3, 0.4) is 0 Å². The van der Waals surface area contributed by atoms with Gasteiger partial charge in [0, 0.05) is 6.61 Å². The minimum absolute atomic E-state index is 0.545. The van der Waals surface area contributed by atoms with Gasteiger partial charge in [-0.05, 0) is 37.3 Å². The lowest BCUT2D eigenvalue weighted by Crippen LogP contribution is -2.32. The molecule has 0 aromatic carbocycles. The summed E-state index contributed by atoms with van der Waals surface area (Å²) in [5.74, 6) is 0.545. The van der Waals surface area contributed by atoms with Crippen LogP contribution < -0.4 is 5.32 Å². The molecule has 2 N–H and O–H groups in total. The van der Waals surface area contributed by atoms with Gasteiger partial charge in [-0.2, -0.15) is 0 Å². The number of hydrogen-bond acceptors (Lipinski definition) is 3. The number of rotatable bonds is 1. The van der Waals surface area contributed by atoms with Crippen molar-refractivity contribution in [3.63, 3.8) is 0 Å². The quantitative estimate of drug-likeness (QED) is 0.538. The van der Waals surface area contributed by atoms with Gasteiger partial charge in [-0.15, -0.1) is 0 Å². The highest BCUT2D eigenvalue weighted by Gasteiger charge is 2.31. The van der Waals surface area contributed by atoms with E-state index in [4.69, 9.17) is 4.65 Å². The van der Waals surface area contributed by atoms with Crippen LogP contribution in [0.1, 0.15) is 12.8 Å². The van der Waals surface area contributed by atoms with Crippen molar-refractivity contribution in [3.05, 3.63) is 11.5 Å². The molecule has 2 heterocycles. The van der Waals surface area contributed by atoms with Crippen molar-refractivity contribution in [1.82, 2.24) is 5.32 Å². The van der Waals surface area contributed by atoms with Crippen LogP contribution in [-0.4, -0.2) is 31.8 Å². The SMILES string of the molecule is OB1OCC=C1C1CCNCC1. The Morgan fingerprint density at radius 1 is 1.50 bits per heavy atom. The first-order chi connectivity index (χ1) is 5.88. The standard InChI is InChI=1S/C8H14BNO2/c11-9-8(3-6-12-9)7-1-4-10-5-2-7/h3,7,10-11H,1-2,4-6H2. The predicted molar refractivity (Wildman–Crippen MR) is 47.6 cm³/mol. The third kappa shape index (κ3) is 1.55. The Morgan fingerprint density at radius 2 is 2.25 bits per heavy atom. The molecule has 0 aliphatic carbocycles. The maximum Gasteiger partial charge on any atom is 0.487 e. The van der Waals surface area contributed by atoms with E-state index in [0.717, 1.165) is 31.4 Å². The van der Waals surface area contributed by atoms with E-state index < -0.39 is 7.12 Å². The molecule has 0 radical (unpaired) electrons. The predicted octanol–water partition coefficient (Wildman–Crippen LogP) is -0.0377. The maximum atomic E-state index is 9.43. The fraction of sp³-hybridized carbons (Fsp3) is 0.750. The van der Waals surface area contributed by atoms with E-state index in [-0.39, 0.29) is 0 Å². The fourth-order valence-corrected chi connectivity index (χ4v) is 1.96. The lowest BCUT2D eigenvalue weighted by molar-refractivity contribution is 0.309. The minimum atomic E-state index is -0.618. The lowest BCUT2D eigenvalue weighted by atomic mass is 9.70. The molecule has 2 rings (SSSR count). The summed E-state index contributed by atoms with van der Waals surface area (Å²) in [6.07, 6.45) is 4.29. The van der Waals surface area contributed by atoms with E-state index in [1.54, 1.807) is 0 Å². The zero-order chi connectivity index (χ0) is 8.39. The van der Waals surface area contributed by atoms with Crippen LogP contribution in [0, 0.1) is 5.92 Å². The van der Waals surface area contributed by atoms with Gasteiger partial charge in [0.05, 0.1) is 0 Å². The first-order valence-electron chi connectivity index (χ1n) is 4.58. The molecule has 12 heavy (non-hydrogen) atoms. The summed E-state index contributed by atoms with van der Waals surface area (Å²) >= 11 is 0. The van der Waals surface area contributed by atoms with Crippen molar-refractivity contribution < 1.29 is 9.68 Å². The Labute approximate surface area is 72.9 Å². The Bertz CT molecular complexity index is 189. The van der Waals surface area contributed by atoms with Crippen LogP contribution in [0.5, 0.6) is 0 Å². The molecule has 0 spiro atoms. The molecule has 1 saturated heterocycles. The average Bonchev–Trinajstić information content (AvgIpc) is 2.53. The summed E-state index contributed by atoms with van der Waals surface area (Å²) in [4.78, 5) is 0. The van der Waals surface area contributed by atoms with Crippen LogP contribution >= 0.6 is 0 Å². The van der Waals surface area contributed by atoms with Gasteiger partial charge < -0.3 is 15.0 Å². The normalized spacial score (nSPS) is 26.1. The number of nitrogens with one attached hydrogen (secondary N) is 1. The molecule has 2 aliphatic rings. The summed E-state index contributed by atoms with van der Waals surface area (Å²) in [7, 11) is -0.618. The van der Waals surface area contributed by atoms with E-state index in [1.165, 1.54) is 0 Å². The second kappa shape index (κ2) is 3.60. The van der Waals surface area contributed by atoms with Gasteiger partial charge in [-0.1, -0.05) is 6.08 Å². The largest absolute Gasteiger partial charge is 0.487 e. The third-order valence-corrected chi connectivity index (χ3v) is 2.67. The van der Waals surface area contributed by atoms with Crippen LogP contribution in [0.4, 0.5) is 0 Å². The van der Waals surface area contributed by atoms with Gasteiger partial charge in [0.25, 0.3) is 0 Å². The molecular weight excluding hydrogens is 153 g/mol. The zero-order valence-corrected chi connectivity index (χ0v) is 7.12. The molecule has 0 amide bonds. The molecule has 0 atom stereocenters. The molecule has 0 saturated carbocycles. The molecule has 0 aromatic heterocycles. The molecule has 3 nitrogen and oxygen atoms in total. The second-order valence-corrected chi connectivity index (χ2v) is 3.41. The monoisotopic (exact) mass is 167 g/mol. The van der Waals surface area contributed by atoms with Crippen molar-refractivity contribution in [2.24, 2.45) is 5.92 Å².